The van der Waals surface area contributed by atoms with Crippen molar-refractivity contribution in [2.75, 3.05) is 27.9 Å². The molecule has 0 aliphatic carbocycles. The van der Waals surface area contributed by atoms with E-state index < -0.39 is 11.9 Å². The smallest absolute Gasteiger partial charge is 0.197 e. The van der Waals surface area contributed by atoms with Crippen molar-refractivity contribution in [1.29, 1.82) is 0 Å². The Morgan fingerprint density at radius 2 is 1.72 bits per heavy atom. The Morgan fingerprint density at radius 3 is 2.42 bits per heavy atom. The fourth-order valence-electron chi connectivity index (χ4n) is 4.66. The lowest BCUT2D eigenvalue weighted by atomic mass is 9.90. The molecule has 0 aromatic heterocycles. The Balaban J connectivity index is 1.59. The molecule has 3 unspecified atom stereocenters. The van der Waals surface area contributed by atoms with Crippen LogP contribution in [0.5, 0.6) is 11.5 Å². The van der Waals surface area contributed by atoms with Crippen LogP contribution in [0.2, 0.25) is 5.02 Å². The lowest BCUT2D eigenvalue weighted by Gasteiger charge is -2.43. The monoisotopic (exact) mass is 512 g/mol. The molecule has 1 aliphatic rings. The maximum atomic E-state index is 9.98. The van der Waals surface area contributed by atoms with Gasteiger partial charge in [-0.1, -0.05) is 54.1 Å². The van der Waals surface area contributed by atoms with Gasteiger partial charge in [0.15, 0.2) is 17.3 Å². The molecule has 3 aromatic carbocycles. The number of aliphatic hydroxyl groups excluding tert-OH is 1. The highest BCUT2D eigenvalue weighted by Crippen LogP contribution is 2.41. The summed E-state index contributed by atoms with van der Waals surface area (Å²) in [5.74, 6) is 0.270. The summed E-state index contributed by atoms with van der Waals surface area (Å²) in [5.41, 5.74) is 3.88. The average Bonchev–Trinajstić information content (AvgIpc) is 2.93. The number of rotatable bonds is 10. The topological polar surface area (TPSA) is 66.4 Å². The highest BCUT2D eigenvalue weighted by Gasteiger charge is 2.44. The van der Waals surface area contributed by atoms with E-state index in [1.165, 1.54) is 0 Å². The molecule has 1 saturated heterocycles. The average molecular weight is 513 g/mol. The first-order valence-electron chi connectivity index (χ1n) is 12.0. The predicted octanol–water partition coefficient (Wildman–Crippen LogP) is 5.50. The molecule has 3 atom stereocenters. The van der Waals surface area contributed by atoms with E-state index >= 15 is 0 Å². The molecule has 192 valence electrons. The summed E-state index contributed by atoms with van der Waals surface area (Å²) < 4.78 is 29.4. The summed E-state index contributed by atoms with van der Waals surface area (Å²) in [6.07, 6.45) is 1.10. The largest absolute Gasteiger partial charge is 0.493 e. The number of benzene rings is 3. The molecule has 3 aromatic rings. The Labute approximate surface area is 217 Å². The molecule has 0 spiro atoms. The highest BCUT2D eigenvalue weighted by atomic mass is 35.5. The van der Waals surface area contributed by atoms with Gasteiger partial charge in [0.2, 0.25) is 0 Å². The standard InChI is InChI=1S/C29H33ClO6/c1-32-27-12-9-21(14-28(27)33-2)13-22-15-23(10-11-26(22)30)29(34-3)17-24(16-25(18-31)36-29)35-19-20-7-5-4-6-8-20/h4-12,14-15,24-25,31H,13,16-19H2,1-3H3. The summed E-state index contributed by atoms with van der Waals surface area (Å²) in [5, 5.41) is 10.6. The minimum absolute atomic E-state index is 0.123. The molecule has 0 amide bonds. The van der Waals surface area contributed by atoms with Gasteiger partial charge in [0, 0.05) is 30.5 Å². The third-order valence-corrected chi connectivity index (χ3v) is 6.94. The molecular formula is C29H33ClO6. The lowest BCUT2D eigenvalue weighted by Crippen LogP contribution is -2.47. The Bertz CT molecular complexity index is 1140. The number of ether oxygens (including phenoxy) is 5. The van der Waals surface area contributed by atoms with E-state index in [4.69, 9.17) is 35.3 Å². The van der Waals surface area contributed by atoms with E-state index in [-0.39, 0.29) is 12.7 Å². The quantitative estimate of drug-likeness (QED) is 0.387. The van der Waals surface area contributed by atoms with E-state index in [1.807, 2.05) is 66.7 Å². The second-order valence-electron chi connectivity index (χ2n) is 8.91. The summed E-state index contributed by atoms with van der Waals surface area (Å²) in [7, 11) is 4.85. The van der Waals surface area contributed by atoms with Crippen LogP contribution in [0.25, 0.3) is 0 Å². The summed E-state index contributed by atoms with van der Waals surface area (Å²) in [4.78, 5) is 0. The first-order chi connectivity index (χ1) is 17.5. The fraction of sp³-hybridized carbons (Fsp3) is 0.379. The molecule has 4 rings (SSSR count). The van der Waals surface area contributed by atoms with Crippen molar-refractivity contribution < 1.29 is 28.8 Å². The van der Waals surface area contributed by atoms with Crippen LogP contribution < -0.4 is 9.47 Å². The molecule has 1 fully saturated rings. The van der Waals surface area contributed by atoms with Crippen molar-refractivity contribution in [3.05, 3.63) is 94.0 Å². The maximum absolute atomic E-state index is 9.98. The van der Waals surface area contributed by atoms with Crippen molar-refractivity contribution in [3.63, 3.8) is 0 Å². The van der Waals surface area contributed by atoms with Gasteiger partial charge in [-0.25, -0.2) is 0 Å². The molecule has 6 nitrogen and oxygen atoms in total. The molecule has 0 saturated carbocycles. The van der Waals surface area contributed by atoms with E-state index in [1.54, 1.807) is 21.3 Å². The minimum Gasteiger partial charge on any atom is -0.493 e. The molecule has 1 aliphatic heterocycles. The van der Waals surface area contributed by atoms with Gasteiger partial charge in [-0.15, -0.1) is 0 Å². The first kappa shape index (κ1) is 26.5. The van der Waals surface area contributed by atoms with Crippen LogP contribution in [0.4, 0.5) is 0 Å². The minimum atomic E-state index is -1.07. The van der Waals surface area contributed by atoms with E-state index in [2.05, 4.69) is 0 Å². The van der Waals surface area contributed by atoms with Gasteiger partial charge in [-0.3, -0.25) is 0 Å². The predicted molar refractivity (Wildman–Crippen MR) is 139 cm³/mol. The SMILES string of the molecule is COc1ccc(Cc2cc(C3(OC)CC(OCc4ccccc4)CC(CO)O3)ccc2Cl)cc1OC. The molecule has 0 radical (unpaired) electrons. The van der Waals surface area contributed by atoms with Crippen LogP contribution in [0.1, 0.15) is 35.1 Å². The molecular weight excluding hydrogens is 480 g/mol. The number of halogens is 1. The van der Waals surface area contributed by atoms with Crippen molar-refractivity contribution in [3.8, 4) is 11.5 Å². The second-order valence-corrected chi connectivity index (χ2v) is 9.32. The van der Waals surface area contributed by atoms with Crippen LogP contribution in [0.3, 0.4) is 0 Å². The van der Waals surface area contributed by atoms with Gasteiger partial charge < -0.3 is 28.8 Å². The zero-order valence-corrected chi connectivity index (χ0v) is 21.7. The first-order valence-corrected chi connectivity index (χ1v) is 12.4. The molecule has 0 bridgehead atoms. The Morgan fingerprint density at radius 1 is 0.944 bits per heavy atom. The highest BCUT2D eigenvalue weighted by molar-refractivity contribution is 6.31. The Kier molecular flexibility index (Phi) is 8.88. The fourth-order valence-corrected chi connectivity index (χ4v) is 4.85. The summed E-state index contributed by atoms with van der Waals surface area (Å²) in [6, 6.07) is 21.6. The Hall–Kier alpha value is -2.61. The van der Waals surface area contributed by atoms with Crippen molar-refractivity contribution in [2.45, 2.75) is 43.9 Å². The van der Waals surface area contributed by atoms with Crippen molar-refractivity contribution in [2.24, 2.45) is 0 Å². The maximum Gasteiger partial charge on any atom is 0.197 e. The van der Waals surface area contributed by atoms with Gasteiger partial charge in [0.25, 0.3) is 0 Å². The van der Waals surface area contributed by atoms with E-state index in [0.717, 1.165) is 22.3 Å². The van der Waals surface area contributed by atoms with Crippen LogP contribution in [-0.4, -0.2) is 45.3 Å². The van der Waals surface area contributed by atoms with E-state index in [0.29, 0.717) is 42.4 Å². The molecule has 7 heteroatoms. The van der Waals surface area contributed by atoms with Crippen LogP contribution in [0.15, 0.2) is 66.7 Å². The van der Waals surface area contributed by atoms with Gasteiger partial charge in [-0.05, 0) is 47.4 Å². The normalized spacial score (nSPS) is 21.8. The molecule has 1 heterocycles. The number of aliphatic hydroxyl groups is 1. The third-order valence-electron chi connectivity index (χ3n) is 6.57. The zero-order valence-electron chi connectivity index (χ0n) is 20.9. The van der Waals surface area contributed by atoms with Crippen LogP contribution >= 0.6 is 11.6 Å². The van der Waals surface area contributed by atoms with Gasteiger partial charge in [0.05, 0.1) is 39.6 Å². The van der Waals surface area contributed by atoms with Gasteiger partial charge in [-0.2, -0.15) is 0 Å². The summed E-state index contributed by atoms with van der Waals surface area (Å²) in [6.45, 7) is 0.358. The number of hydrogen-bond donors (Lipinski definition) is 1. The zero-order chi connectivity index (χ0) is 25.5. The van der Waals surface area contributed by atoms with Gasteiger partial charge >= 0.3 is 0 Å². The number of hydrogen-bond acceptors (Lipinski definition) is 6. The van der Waals surface area contributed by atoms with E-state index in [9.17, 15) is 5.11 Å². The number of methoxy groups -OCH3 is 3. The molecule has 36 heavy (non-hydrogen) atoms. The third kappa shape index (κ3) is 6.02. The van der Waals surface area contributed by atoms with Crippen LogP contribution in [-0.2, 0) is 33.0 Å². The van der Waals surface area contributed by atoms with Crippen molar-refractivity contribution in [1.82, 2.24) is 0 Å². The summed E-state index contributed by atoms with van der Waals surface area (Å²) >= 11 is 6.61. The van der Waals surface area contributed by atoms with Gasteiger partial charge in [0.1, 0.15) is 0 Å². The molecule has 1 N–H and O–H groups in total. The second kappa shape index (κ2) is 12.1. The van der Waals surface area contributed by atoms with Crippen LogP contribution in [0, 0.1) is 0 Å². The van der Waals surface area contributed by atoms with Crippen molar-refractivity contribution >= 4 is 11.6 Å². The lowest BCUT2D eigenvalue weighted by molar-refractivity contribution is -0.303.